The highest BCUT2D eigenvalue weighted by atomic mass is 19.3. The van der Waals surface area contributed by atoms with Gasteiger partial charge in [-0.1, -0.05) is 13.0 Å². The second-order valence-corrected chi connectivity index (χ2v) is 3.48. The normalized spacial score (nSPS) is 28.1. The van der Waals surface area contributed by atoms with Crippen LogP contribution in [0.4, 0.5) is 8.78 Å². The minimum atomic E-state index is -2.54. The van der Waals surface area contributed by atoms with Gasteiger partial charge in [0.25, 0.3) is 5.92 Å². The smallest absolute Gasteiger partial charge is 0.267 e. The SMILES string of the molecule is C=C(C)NC1CCCCC1(F)F. The highest BCUT2D eigenvalue weighted by Gasteiger charge is 2.41. The lowest BCUT2D eigenvalue weighted by Gasteiger charge is -2.32. The van der Waals surface area contributed by atoms with Crippen molar-refractivity contribution in [1.82, 2.24) is 5.32 Å². The van der Waals surface area contributed by atoms with Crippen LogP contribution < -0.4 is 5.32 Å². The van der Waals surface area contributed by atoms with Crippen LogP contribution in [-0.4, -0.2) is 12.0 Å². The van der Waals surface area contributed by atoms with Gasteiger partial charge in [-0.25, -0.2) is 8.78 Å². The highest BCUT2D eigenvalue weighted by Crippen LogP contribution is 2.33. The van der Waals surface area contributed by atoms with E-state index >= 15 is 0 Å². The summed E-state index contributed by atoms with van der Waals surface area (Å²) >= 11 is 0. The van der Waals surface area contributed by atoms with E-state index in [1.54, 1.807) is 6.92 Å². The lowest BCUT2D eigenvalue weighted by Crippen LogP contribution is -2.46. The molecule has 0 aromatic carbocycles. The molecule has 0 aromatic rings. The highest BCUT2D eigenvalue weighted by molar-refractivity contribution is 4.96. The van der Waals surface area contributed by atoms with Crippen molar-refractivity contribution in [2.24, 2.45) is 0 Å². The molecule has 0 heterocycles. The Morgan fingerprint density at radius 3 is 2.67 bits per heavy atom. The Morgan fingerprint density at radius 2 is 2.17 bits per heavy atom. The molecule has 0 spiro atoms. The van der Waals surface area contributed by atoms with Gasteiger partial charge in [0.2, 0.25) is 0 Å². The van der Waals surface area contributed by atoms with Gasteiger partial charge in [0.1, 0.15) is 0 Å². The molecule has 0 saturated heterocycles. The van der Waals surface area contributed by atoms with Gasteiger partial charge < -0.3 is 5.32 Å². The molecular formula is C9H15F2N. The van der Waals surface area contributed by atoms with E-state index in [0.29, 0.717) is 18.5 Å². The topological polar surface area (TPSA) is 12.0 Å². The van der Waals surface area contributed by atoms with Gasteiger partial charge in [-0.05, 0) is 19.8 Å². The van der Waals surface area contributed by atoms with E-state index in [-0.39, 0.29) is 6.42 Å². The Kier molecular flexibility index (Phi) is 2.70. The molecule has 70 valence electrons. The Balaban J connectivity index is 2.54. The lowest BCUT2D eigenvalue weighted by molar-refractivity contribution is -0.0605. The van der Waals surface area contributed by atoms with Crippen LogP contribution in [0.25, 0.3) is 0 Å². The van der Waals surface area contributed by atoms with Gasteiger partial charge in [-0.3, -0.25) is 0 Å². The fourth-order valence-corrected chi connectivity index (χ4v) is 1.57. The monoisotopic (exact) mass is 175 g/mol. The molecule has 0 aliphatic heterocycles. The van der Waals surface area contributed by atoms with Crippen LogP contribution in [0.1, 0.15) is 32.6 Å². The van der Waals surface area contributed by atoms with Crippen molar-refractivity contribution in [3.05, 3.63) is 12.3 Å². The Hall–Kier alpha value is -0.600. The first kappa shape index (κ1) is 9.49. The second-order valence-electron chi connectivity index (χ2n) is 3.48. The zero-order chi connectivity index (χ0) is 9.19. The molecule has 1 unspecified atom stereocenters. The zero-order valence-corrected chi connectivity index (χ0v) is 7.37. The van der Waals surface area contributed by atoms with Crippen LogP contribution in [0.3, 0.4) is 0 Å². The molecule has 0 aromatic heterocycles. The van der Waals surface area contributed by atoms with E-state index < -0.39 is 12.0 Å². The number of allylic oxidation sites excluding steroid dienone is 1. The van der Waals surface area contributed by atoms with E-state index in [2.05, 4.69) is 11.9 Å². The predicted molar refractivity (Wildman–Crippen MR) is 45.2 cm³/mol. The van der Waals surface area contributed by atoms with Crippen molar-refractivity contribution in [3.8, 4) is 0 Å². The van der Waals surface area contributed by atoms with Crippen LogP contribution >= 0.6 is 0 Å². The summed E-state index contributed by atoms with van der Waals surface area (Å²) in [6, 6.07) is -0.691. The van der Waals surface area contributed by atoms with Crippen molar-refractivity contribution in [2.45, 2.75) is 44.6 Å². The maximum atomic E-state index is 13.1. The van der Waals surface area contributed by atoms with Crippen molar-refractivity contribution in [1.29, 1.82) is 0 Å². The molecule has 12 heavy (non-hydrogen) atoms. The van der Waals surface area contributed by atoms with Crippen molar-refractivity contribution >= 4 is 0 Å². The fourth-order valence-electron chi connectivity index (χ4n) is 1.57. The Morgan fingerprint density at radius 1 is 1.50 bits per heavy atom. The Bertz CT molecular complexity index is 177. The first-order valence-electron chi connectivity index (χ1n) is 4.32. The van der Waals surface area contributed by atoms with Gasteiger partial charge in [0.15, 0.2) is 0 Å². The number of rotatable bonds is 2. The molecule has 1 fully saturated rings. The lowest BCUT2D eigenvalue weighted by atomic mass is 9.91. The average Bonchev–Trinajstić information content (AvgIpc) is 1.92. The maximum Gasteiger partial charge on any atom is 0.267 e. The van der Waals surface area contributed by atoms with Gasteiger partial charge in [-0.2, -0.15) is 0 Å². The van der Waals surface area contributed by atoms with E-state index in [4.69, 9.17) is 0 Å². The Labute approximate surface area is 71.8 Å². The minimum absolute atomic E-state index is 0.0119. The van der Waals surface area contributed by atoms with Gasteiger partial charge in [0.05, 0.1) is 6.04 Å². The quantitative estimate of drug-likeness (QED) is 0.680. The zero-order valence-electron chi connectivity index (χ0n) is 7.37. The van der Waals surface area contributed by atoms with Crippen LogP contribution in [0.15, 0.2) is 12.3 Å². The number of halogens is 2. The number of hydrogen-bond acceptors (Lipinski definition) is 1. The third-order valence-electron chi connectivity index (χ3n) is 2.18. The predicted octanol–water partition coefficient (Wildman–Crippen LogP) is 2.69. The molecule has 1 atom stereocenters. The van der Waals surface area contributed by atoms with Crippen molar-refractivity contribution in [3.63, 3.8) is 0 Å². The summed E-state index contributed by atoms with van der Waals surface area (Å²) in [5, 5.41) is 2.73. The third kappa shape index (κ3) is 2.19. The van der Waals surface area contributed by atoms with E-state index in [0.717, 1.165) is 6.42 Å². The standard InChI is InChI=1S/C9H15F2N/c1-7(2)12-8-5-3-4-6-9(8,10)11/h8,12H,1,3-6H2,2H3. The summed E-state index contributed by atoms with van der Waals surface area (Å²) in [4.78, 5) is 0. The van der Waals surface area contributed by atoms with E-state index in [1.165, 1.54) is 0 Å². The summed E-state index contributed by atoms with van der Waals surface area (Å²) in [6.07, 6.45) is 2.10. The van der Waals surface area contributed by atoms with Gasteiger partial charge >= 0.3 is 0 Å². The molecule has 1 nitrogen and oxygen atoms in total. The molecule has 1 aliphatic carbocycles. The average molecular weight is 175 g/mol. The van der Waals surface area contributed by atoms with Crippen LogP contribution in [0, 0.1) is 0 Å². The summed E-state index contributed by atoms with van der Waals surface area (Å²) < 4.78 is 26.3. The minimum Gasteiger partial charge on any atom is -0.380 e. The first-order chi connectivity index (χ1) is 5.52. The fraction of sp³-hybridized carbons (Fsp3) is 0.778. The van der Waals surface area contributed by atoms with Crippen molar-refractivity contribution < 1.29 is 8.78 Å². The molecule has 3 heteroatoms. The van der Waals surface area contributed by atoms with Crippen LogP contribution in [-0.2, 0) is 0 Å². The summed E-state index contributed by atoms with van der Waals surface area (Å²) in [7, 11) is 0. The number of nitrogens with one attached hydrogen (secondary N) is 1. The first-order valence-corrected chi connectivity index (χ1v) is 4.32. The van der Waals surface area contributed by atoms with Crippen molar-refractivity contribution in [2.75, 3.05) is 0 Å². The largest absolute Gasteiger partial charge is 0.380 e. The molecule has 0 radical (unpaired) electrons. The van der Waals surface area contributed by atoms with Crippen LogP contribution in [0.5, 0.6) is 0 Å². The van der Waals surface area contributed by atoms with Crippen LogP contribution in [0.2, 0.25) is 0 Å². The number of alkyl halides is 2. The molecule has 1 aliphatic rings. The van der Waals surface area contributed by atoms with Gasteiger partial charge in [0, 0.05) is 12.1 Å². The maximum absolute atomic E-state index is 13.1. The van der Waals surface area contributed by atoms with E-state index in [9.17, 15) is 8.78 Å². The molecule has 1 N–H and O–H groups in total. The molecule has 0 bridgehead atoms. The number of hydrogen-bond donors (Lipinski definition) is 1. The molecule has 1 rings (SSSR count). The molecule has 0 amide bonds. The van der Waals surface area contributed by atoms with Gasteiger partial charge in [-0.15, -0.1) is 0 Å². The summed E-state index contributed by atoms with van der Waals surface area (Å²) in [5.74, 6) is -2.54. The summed E-state index contributed by atoms with van der Waals surface area (Å²) in [6.45, 7) is 5.28. The third-order valence-corrected chi connectivity index (χ3v) is 2.18. The molecular weight excluding hydrogens is 160 g/mol. The second kappa shape index (κ2) is 3.42. The van der Waals surface area contributed by atoms with E-state index in [1.807, 2.05) is 0 Å². The molecule has 1 saturated carbocycles. The summed E-state index contributed by atoms with van der Waals surface area (Å²) in [5.41, 5.74) is 0.626.